The second kappa shape index (κ2) is 19.7. The van der Waals surface area contributed by atoms with Gasteiger partial charge in [0.2, 0.25) is 0 Å². The van der Waals surface area contributed by atoms with Crippen LogP contribution >= 0.6 is 0 Å². The zero-order valence-corrected chi connectivity index (χ0v) is 18.2. The van der Waals surface area contributed by atoms with Crippen molar-refractivity contribution in [3.05, 3.63) is 0 Å². The zero-order chi connectivity index (χ0) is 20.2. The first-order chi connectivity index (χ1) is 13.1. The van der Waals surface area contributed by atoms with Gasteiger partial charge < -0.3 is 10.2 Å². The molecule has 1 N–H and O–H groups in total. The van der Waals surface area contributed by atoms with Crippen LogP contribution in [0.3, 0.4) is 0 Å². The molecule has 0 aromatic rings. The number of unbranched alkanes of at least 4 members (excludes halogenated alkanes) is 12. The van der Waals surface area contributed by atoms with E-state index in [9.17, 15) is 9.59 Å². The summed E-state index contributed by atoms with van der Waals surface area (Å²) in [6, 6.07) is 0. The number of nitrogens with one attached hydrogen (secondary N) is 1. The van der Waals surface area contributed by atoms with Gasteiger partial charge in [-0.25, -0.2) is 0 Å². The zero-order valence-electron chi connectivity index (χ0n) is 18.2. The molecule has 0 heterocycles. The molecule has 0 radical (unpaired) electrons. The summed E-state index contributed by atoms with van der Waals surface area (Å²) in [4.78, 5) is 28.4. The van der Waals surface area contributed by atoms with Gasteiger partial charge in [0, 0.05) is 19.9 Å². The average Bonchev–Trinajstić information content (AvgIpc) is 2.64. The first-order valence-electron chi connectivity index (χ1n) is 11.3. The predicted octanol–water partition coefficient (Wildman–Crippen LogP) is 5.38. The molecular weight excluding hydrogens is 340 g/mol. The third kappa shape index (κ3) is 18.0. The minimum atomic E-state index is -0.440. The van der Waals surface area contributed by atoms with E-state index in [0.717, 1.165) is 19.4 Å². The molecular formula is C22H44N2O3. The number of amides is 1. The summed E-state index contributed by atoms with van der Waals surface area (Å²) in [6.45, 7) is 7.47. The van der Waals surface area contributed by atoms with Crippen molar-refractivity contribution in [2.45, 2.75) is 111 Å². The predicted molar refractivity (Wildman–Crippen MR) is 112 cm³/mol. The highest BCUT2D eigenvalue weighted by Gasteiger charge is 2.15. The Bertz CT molecular complexity index is 361. The maximum atomic E-state index is 12.2. The molecule has 5 nitrogen and oxygen atoms in total. The standard InChI is InChI=1S/C22H44N2O3/c1-4-6-7-8-9-10-11-12-13-14-15-16-17-18-22(26)24(27-21(3)25)20-19-23-5-2/h23H,4-20H2,1-3H3. The topological polar surface area (TPSA) is 58.6 Å². The number of nitrogens with zero attached hydrogens (tertiary/aromatic N) is 1. The first kappa shape index (κ1) is 25.9. The van der Waals surface area contributed by atoms with Crippen LogP contribution in [0.4, 0.5) is 0 Å². The molecule has 0 aliphatic heterocycles. The summed E-state index contributed by atoms with van der Waals surface area (Å²) >= 11 is 0. The van der Waals surface area contributed by atoms with Gasteiger partial charge in [0.15, 0.2) is 0 Å². The second-order valence-corrected chi connectivity index (χ2v) is 7.42. The smallest absolute Gasteiger partial charge is 0.329 e. The molecule has 1 amide bonds. The molecule has 0 fully saturated rings. The normalized spacial score (nSPS) is 10.8. The van der Waals surface area contributed by atoms with Crippen molar-refractivity contribution in [3.8, 4) is 0 Å². The third-order valence-corrected chi connectivity index (χ3v) is 4.75. The highest BCUT2D eigenvalue weighted by atomic mass is 16.7. The van der Waals surface area contributed by atoms with E-state index in [1.165, 1.54) is 82.6 Å². The van der Waals surface area contributed by atoms with E-state index in [2.05, 4.69) is 12.2 Å². The first-order valence-corrected chi connectivity index (χ1v) is 11.3. The Morgan fingerprint density at radius 1 is 0.778 bits per heavy atom. The molecule has 0 aliphatic rings. The quantitative estimate of drug-likeness (QED) is 0.254. The maximum Gasteiger partial charge on any atom is 0.329 e. The van der Waals surface area contributed by atoms with Gasteiger partial charge in [-0.15, -0.1) is 0 Å². The van der Waals surface area contributed by atoms with Crippen molar-refractivity contribution in [1.82, 2.24) is 10.4 Å². The number of likely N-dealkylation sites (N-methyl/N-ethyl adjacent to an activating group) is 1. The molecule has 160 valence electrons. The van der Waals surface area contributed by atoms with Crippen LogP contribution in [-0.4, -0.2) is 36.6 Å². The van der Waals surface area contributed by atoms with Crippen molar-refractivity contribution in [1.29, 1.82) is 0 Å². The van der Waals surface area contributed by atoms with Crippen molar-refractivity contribution in [2.75, 3.05) is 19.6 Å². The van der Waals surface area contributed by atoms with Crippen LogP contribution in [0, 0.1) is 0 Å². The molecule has 0 aromatic heterocycles. The summed E-state index contributed by atoms with van der Waals surface area (Å²) in [5, 5.41) is 4.35. The molecule has 0 atom stereocenters. The largest absolute Gasteiger partial charge is 0.338 e. The Kier molecular flexibility index (Phi) is 18.9. The van der Waals surface area contributed by atoms with Crippen LogP contribution in [0.15, 0.2) is 0 Å². The Balaban J connectivity index is 3.57. The summed E-state index contributed by atoms with van der Waals surface area (Å²) in [5.41, 5.74) is 0. The summed E-state index contributed by atoms with van der Waals surface area (Å²) < 4.78 is 0. The molecule has 0 bridgehead atoms. The fraction of sp³-hybridized carbons (Fsp3) is 0.909. The molecule has 0 spiro atoms. The van der Waals surface area contributed by atoms with Gasteiger partial charge in [0.25, 0.3) is 5.91 Å². The Morgan fingerprint density at radius 2 is 1.26 bits per heavy atom. The van der Waals surface area contributed by atoms with Crippen LogP contribution in [0.5, 0.6) is 0 Å². The Hall–Kier alpha value is -1.10. The lowest BCUT2D eigenvalue weighted by Gasteiger charge is -2.20. The average molecular weight is 385 g/mol. The number of hydroxylamine groups is 2. The molecule has 0 aromatic carbocycles. The lowest BCUT2D eigenvalue weighted by atomic mass is 10.0. The number of carbonyl (C=O) groups excluding carboxylic acids is 2. The molecule has 5 heteroatoms. The molecule has 0 saturated carbocycles. The number of carbonyl (C=O) groups is 2. The fourth-order valence-corrected chi connectivity index (χ4v) is 3.15. The van der Waals surface area contributed by atoms with Gasteiger partial charge in [-0.2, -0.15) is 5.06 Å². The number of rotatable bonds is 18. The summed E-state index contributed by atoms with van der Waals surface area (Å²) in [5.74, 6) is -0.531. The Morgan fingerprint density at radius 3 is 1.70 bits per heavy atom. The van der Waals surface area contributed by atoms with Crippen molar-refractivity contribution >= 4 is 11.9 Å². The lowest BCUT2D eigenvalue weighted by molar-refractivity contribution is -0.196. The third-order valence-electron chi connectivity index (χ3n) is 4.75. The van der Waals surface area contributed by atoms with Crippen molar-refractivity contribution < 1.29 is 14.4 Å². The minimum Gasteiger partial charge on any atom is -0.338 e. The van der Waals surface area contributed by atoms with Gasteiger partial charge in [-0.1, -0.05) is 90.9 Å². The summed E-state index contributed by atoms with van der Waals surface area (Å²) in [6.07, 6.45) is 17.2. The van der Waals surface area contributed by atoms with Gasteiger partial charge in [-0.3, -0.25) is 9.59 Å². The van der Waals surface area contributed by atoms with E-state index in [0.29, 0.717) is 19.5 Å². The summed E-state index contributed by atoms with van der Waals surface area (Å²) in [7, 11) is 0. The van der Waals surface area contributed by atoms with E-state index in [4.69, 9.17) is 4.84 Å². The van der Waals surface area contributed by atoms with Crippen molar-refractivity contribution in [2.24, 2.45) is 0 Å². The van der Waals surface area contributed by atoms with E-state index in [1.807, 2.05) is 6.92 Å². The van der Waals surface area contributed by atoms with Crippen LogP contribution in [0.2, 0.25) is 0 Å². The van der Waals surface area contributed by atoms with Gasteiger partial charge >= 0.3 is 5.97 Å². The van der Waals surface area contributed by atoms with E-state index in [-0.39, 0.29) is 5.91 Å². The highest BCUT2D eigenvalue weighted by molar-refractivity contribution is 5.77. The van der Waals surface area contributed by atoms with E-state index >= 15 is 0 Å². The van der Waals surface area contributed by atoms with Gasteiger partial charge in [0.05, 0.1) is 6.54 Å². The SMILES string of the molecule is CCCCCCCCCCCCCCCC(=O)N(CCNCC)OC(C)=O. The number of hydrogen-bond donors (Lipinski definition) is 1. The highest BCUT2D eigenvalue weighted by Crippen LogP contribution is 2.13. The van der Waals surface area contributed by atoms with Gasteiger partial charge in [-0.05, 0) is 13.0 Å². The molecule has 0 aliphatic carbocycles. The lowest BCUT2D eigenvalue weighted by Crippen LogP contribution is -2.38. The van der Waals surface area contributed by atoms with E-state index < -0.39 is 5.97 Å². The number of hydrogen-bond acceptors (Lipinski definition) is 4. The van der Waals surface area contributed by atoms with Crippen LogP contribution in [0.1, 0.15) is 111 Å². The van der Waals surface area contributed by atoms with Crippen LogP contribution in [0.25, 0.3) is 0 Å². The molecule has 0 unspecified atom stereocenters. The van der Waals surface area contributed by atoms with Gasteiger partial charge in [0.1, 0.15) is 0 Å². The van der Waals surface area contributed by atoms with E-state index in [1.54, 1.807) is 0 Å². The van der Waals surface area contributed by atoms with Crippen LogP contribution < -0.4 is 5.32 Å². The van der Waals surface area contributed by atoms with Crippen LogP contribution in [-0.2, 0) is 14.4 Å². The van der Waals surface area contributed by atoms with Crippen molar-refractivity contribution in [3.63, 3.8) is 0 Å². The molecule has 27 heavy (non-hydrogen) atoms. The Labute approximate surface area is 167 Å². The second-order valence-electron chi connectivity index (χ2n) is 7.42. The molecule has 0 saturated heterocycles. The molecule has 0 rings (SSSR count). The monoisotopic (exact) mass is 384 g/mol. The fourth-order valence-electron chi connectivity index (χ4n) is 3.15. The maximum absolute atomic E-state index is 12.2. The minimum absolute atomic E-state index is 0.0915.